The van der Waals surface area contributed by atoms with Crippen molar-refractivity contribution in [3.05, 3.63) is 89.1 Å². The van der Waals surface area contributed by atoms with Crippen LogP contribution >= 0.6 is 0 Å². The van der Waals surface area contributed by atoms with Gasteiger partial charge in [0, 0.05) is 30.4 Å². The molecule has 204 valence electrons. The number of alkyl halides is 3. The van der Waals surface area contributed by atoms with Crippen molar-refractivity contribution in [2.45, 2.75) is 31.2 Å². The molecule has 2 aromatic heterocycles. The fourth-order valence-corrected chi connectivity index (χ4v) is 4.66. The van der Waals surface area contributed by atoms with Crippen LogP contribution < -0.4 is 10.6 Å². The van der Waals surface area contributed by atoms with Crippen LogP contribution in [0.2, 0.25) is 0 Å². The minimum Gasteiger partial charge on any atom is -0.402 e. The summed E-state index contributed by atoms with van der Waals surface area (Å²) in [6.07, 6.45) is -4.15. The van der Waals surface area contributed by atoms with Crippen molar-refractivity contribution in [2.75, 3.05) is 23.8 Å². The van der Waals surface area contributed by atoms with Crippen LogP contribution in [0.25, 0.3) is 11.6 Å². The zero-order valence-corrected chi connectivity index (χ0v) is 21.0. The minimum atomic E-state index is -4.58. The Balaban J connectivity index is 1.32. The monoisotopic (exact) mass is 548 g/mol. The van der Waals surface area contributed by atoms with Gasteiger partial charge in [-0.25, -0.2) is 4.98 Å². The van der Waals surface area contributed by atoms with Gasteiger partial charge < -0.3 is 19.8 Å². The number of ether oxygens (including phenoxy) is 1. The number of benzene rings is 2. The summed E-state index contributed by atoms with van der Waals surface area (Å²) in [6, 6.07) is 17.7. The summed E-state index contributed by atoms with van der Waals surface area (Å²) in [4.78, 5) is 21.9. The summed E-state index contributed by atoms with van der Waals surface area (Å²) in [5, 5.41) is 13.9. The number of rotatable bonds is 6. The van der Waals surface area contributed by atoms with Gasteiger partial charge in [0.05, 0.1) is 29.6 Å². The van der Waals surface area contributed by atoms with Crippen LogP contribution in [0.1, 0.15) is 28.7 Å². The summed E-state index contributed by atoms with van der Waals surface area (Å²) in [5.74, 6) is -0.330. The summed E-state index contributed by atoms with van der Waals surface area (Å²) in [6.45, 7) is 0.846. The van der Waals surface area contributed by atoms with Crippen LogP contribution in [0.3, 0.4) is 0 Å². The van der Waals surface area contributed by atoms with E-state index < -0.39 is 17.9 Å². The summed E-state index contributed by atoms with van der Waals surface area (Å²) in [7, 11) is 0. The third-order valence-electron chi connectivity index (χ3n) is 6.64. The predicted molar refractivity (Wildman–Crippen MR) is 140 cm³/mol. The Morgan fingerprint density at radius 2 is 1.77 bits per heavy atom. The Kier molecular flexibility index (Phi) is 6.76. The SMILES string of the molecule is O=C1Cc2ccccc2C(c2ccccc2)=N[C@@H]1Nc1nnc(-c2ncc(C(F)(F)F)cc2N[C@@H]2CCOC2)o1. The molecule has 2 aliphatic rings. The Labute approximate surface area is 226 Å². The van der Waals surface area contributed by atoms with Crippen LogP contribution in [-0.2, 0) is 22.1 Å². The van der Waals surface area contributed by atoms with E-state index in [-0.39, 0.29) is 41.5 Å². The summed E-state index contributed by atoms with van der Waals surface area (Å²) >= 11 is 0. The molecule has 2 atom stereocenters. The summed E-state index contributed by atoms with van der Waals surface area (Å²) < 4.78 is 51.3. The first-order valence-electron chi connectivity index (χ1n) is 12.6. The Morgan fingerprint density at radius 1 is 0.975 bits per heavy atom. The van der Waals surface area contributed by atoms with E-state index in [0.29, 0.717) is 31.5 Å². The molecule has 0 saturated carbocycles. The van der Waals surface area contributed by atoms with Gasteiger partial charge in [0.25, 0.3) is 5.89 Å². The Morgan fingerprint density at radius 3 is 2.55 bits per heavy atom. The molecule has 0 amide bonds. The second-order valence-corrected chi connectivity index (χ2v) is 9.43. The fraction of sp³-hybridized carbons (Fsp3) is 0.250. The highest BCUT2D eigenvalue weighted by Gasteiger charge is 2.33. The third kappa shape index (κ3) is 5.30. The number of nitrogens with one attached hydrogen (secondary N) is 2. The highest BCUT2D eigenvalue weighted by Crippen LogP contribution is 2.35. The zero-order chi connectivity index (χ0) is 27.7. The number of aliphatic imine (C=N–C) groups is 1. The van der Waals surface area contributed by atoms with E-state index in [0.717, 1.165) is 22.8 Å². The number of hydrogen-bond acceptors (Lipinski definition) is 9. The first kappa shape index (κ1) is 25.7. The van der Waals surface area contributed by atoms with Crippen molar-refractivity contribution >= 4 is 23.2 Å². The van der Waals surface area contributed by atoms with E-state index in [1.807, 2.05) is 54.6 Å². The average Bonchev–Trinajstić information content (AvgIpc) is 3.61. The number of hydrogen-bond donors (Lipinski definition) is 2. The van der Waals surface area contributed by atoms with Crippen LogP contribution in [0.15, 0.2) is 76.3 Å². The molecular weight excluding hydrogens is 525 g/mol. The Bertz CT molecular complexity index is 1570. The number of carbonyl (C=O) groups excluding carboxylic acids is 1. The van der Waals surface area contributed by atoms with E-state index in [1.165, 1.54) is 0 Å². The van der Waals surface area contributed by atoms with Gasteiger partial charge in [-0.1, -0.05) is 59.7 Å². The van der Waals surface area contributed by atoms with Crippen LogP contribution in [0, 0.1) is 0 Å². The third-order valence-corrected chi connectivity index (χ3v) is 6.64. The molecule has 2 N–H and O–H groups in total. The predicted octanol–water partition coefficient (Wildman–Crippen LogP) is 4.75. The molecule has 40 heavy (non-hydrogen) atoms. The number of aromatic nitrogens is 3. The second-order valence-electron chi connectivity index (χ2n) is 9.43. The average molecular weight is 549 g/mol. The standard InChI is InChI=1S/C28H23F3N6O3/c29-28(30,31)18-13-21(33-19-10-11-39-15-19)24(32-14-18)26-36-37-27(40-26)35-25-22(38)12-17-8-4-5-9-20(17)23(34-25)16-6-2-1-3-7-16/h1-9,13-14,19,25,33H,10-12,15H2,(H,35,37)/t19-,25-/m1/s1. The van der Waals surface area contributed by atoms with Gasteiger partial charge in [0.2, 0.25) is 0 Å². The van der Waals surface area contributed by atoms with Crippen molar-refractivity contribution in [2.24, 2.45) is 4.99 Å². The lowest BCUT2D eigenvalue weighted by molar-refractivity contribution is -0.137. The van der Waals surface area contributed by atoms with Crippen LogP contribution in [0.4, 0.5) is 24.9 Å². The van der Waals surface area contributed by atoms with Gasteiger partial charge >= 0.3 is 12.2 Å². The summed E-state index contributed by atoms with van der Waals surface area (Å²) in [5.41, 5.74) is 2.38. The lowest BCUT2D eigenvalue weighted by atomic mass is 9.96. The van der Waals surface area contributed by atoms with E-state index in [2.05, 4.69) is 25.8 Å². The first-order valence-corrected chi connectivity index (χ1v) is 12.6. The maximum atomic E-state index is 13.4. The normalized spacial score (nSPS) is 19.1. The first-order chi connectivity index (χ1) is 19.3. The van der Waals surface area contributed by atoms with Gasteiger partial charge in [0.15, 0.2) is 17.6 Å². The maximum absolute atomic E-state index is 13.4. The van der Waals surface area contributed by atoms with Gasteiger partial charge in [-0.2, -0.15) is 13.2 Å². The highest BCUT2D eigenvalue weighted by molar-refractivity contribution is 6.16. The molecular formula is C28H23F3N6O3. The molecule has 1 fully saturated rings. The van der Waals surface area contributed by atoms with Gasteiger partial charge in [0.1, 0.15) is 0 Å². The van der Waals surface area contributed by atoms with Crippen LogP contribution in [0.5, 0.6) is 0 Å². The highest BCUT2D eigenvalue weighted by atomic mass is 19.4. The molecule has 0 unspecified atom stereocenters. The largest absolute Gasteiger partial charge is 0.417 e. The molecule has 0 spiro atoms. The second kappa shape index (κ2) is 10.5. The minimum absolute atomic E-state index is 0.0496. The number of pyridine rings is 1. The zero-order valence-electron chi connectivity index (χ0n) is 21.0. The van der Waals surface area contributed by atoms with Crippen molar-refractivity contribution < 1.29 is 27.1 Å². The number of carbonyl (C=O) groups is 1. The van der Waals surface area contributed by atoms with Crippen LogP contribution in [-0.4, -0.2) is 52.1 Å². The number of nitrogens with zero attached hydrogens (tertiary/aromatic N) is 4. The molecule has 9 nitrogen and oxygen atoms in total. The molecule has 4 aromatic rings. The molecule has 2 aromatic carbocycles. The molecule has 2 aliphatic heterocycles. The van der Waals surface area contributed by atoms with E-state index in [4.69, 9.17) is 14.1 Å². The van der Waals surface area contributed by atoms with E-state index >= 15 is 0 Å². The topological polar surface area (TPSA) is 115 Å². The van der Waals surface area contributed by atoms with Gasteiger partial charge in [-0.05, 0) is 18.1 Å². The van der Waals surface area contributed by atoms with Crippen molar-refractivity contribution in [1.29, 1.82) is 0 Å². The van der Waals surface area contributed by atoms with E-state index in [1.54, 1.807) is 0 Å². The molecule has 0 radical (unpaired) electrons. The number of anilines is 2. The number of fused-ring (bicyclic) bond motifs is 1. The van der Waals surface area contributed by atoms with Crippen molar-refractivity contribution in [3.63, 3.8) is 0 Å². The maximum Gasteiger partial charge on any atom is 0.417 e. The molecule has 0 bridgehead atoms. The van der Waals surface area contributed by atoms with E-state index in [9.17, 15) is 18.0 Å². The molecule has 0 aliphatic carbocycles. The fourth-order valence-electron chi connectivity index (χ4n) is 4.66. The van der Waals surface area contributed by atoms with Gasteiger partial charge in [-0.3, -0.25) is 9.79 Å². The molecule has 4 heterocycles. The molecule has 6 rings (SSSR count). The lowest BCUT2D eigenvalue weighted by Crippen LogP contribution is -2.29. The van der Waals surface area contributed by atoms with Crippen molar-refractivity contribution in [3.8, 4) is 11.6 Å². The van der Waals surface area contributed by atoms with Gasteiger partial charge in [-0.15, -0.1) is 5.10 Å². The number of ketones is 1. The van der Waals surface area contributed by atoms with Crippen molar-refractivity contribution in [1.82, 2.24) is 15.2 Å². The number of Topliss-reactive ketones (excluding diaryl/α,β-unsaturated/α-hetero) is 1. The number of halogens is 3. The molecule has 12 heteroatoms. The lowest BCUT2D eigenvalue weighted by Gasteiger charge is -2.16. The smallest absolute Gasteiger partial charge is 0.402 e. The molecule has 1 saturated heterocycles. The quantitative estimate of drug-likeness (QED) is 0.355. The Hall–Kier alpha value is -4.58.